The number of rotatable bonds is 3. The first-order valence-electron chi connectivity index (χ1n) is 8.51. The van der Waals surface area contributed by atoms with Gasteiger partial charge in [0.15, 0.2) is 0 Å². The van der Waals surface area contributed by atoms with E-state index in [1.54, 1.807) is 12.4 Å². The van der Waals surface area contributed by atoms with Crippen LogP contribution >= 0.6 is 0 Å². The van der Waals surface area contributed by atoms with Crippen molar-refractivity contribution in [3.8, 4) is 5.75 Å². The smallest absolute Gasteiger partial charge is 0.224 e. The van der Waals surface area contributed by atoms with Crippen molar-refractivity contribution in [1.82, 2.24) is 10.3 Å². The Labute approximate surface area is 142 Å². The predicted molar refractivity (Wildman–Crippen MR) is 91.9 cm³/mol. The third kappa shape index (κ3) is 2.46. The first kappa shape index (κ1) is 15.2. The molecule has 1 aliphatic heterocycles. The van der Waals surface area contributed by atoms with Crippen LogP contribution in [0.15, 0.2) is 36.7 Å². The first-order chi connectivity index (χ1) is 11.6. The average molecular weight is 322 g/mol. The minimum absolute atomic E-state index is 0.0228. The lowest BCUT2D eigenvalue weighted by Gasteiger charge is -2.28. The number of ether oxygens (including phenoxy) is 1. The van der Waals surface area contributed by atoms with Crippen molar-refractivity contribution in [3.05, 3.63) is 58.9 Å². The highest BCUT2D eigenvalue weighted by molar-refractivity contribution is 5.85. The van der Waals surface area contributed by atoms with Gasteiger partial charge in [-0.2, -0.15) is 0 Å². The molecule has 1 aromatic heterocycles. The summed E-state index contributed by atoms with van der Waals surface area (Å²) in [5.74, 6) is 1.16. The Morgan fingerprint density at radius 1 is 1.38 bits per heavy atom. The van der Waals surface area contributed by atoms with E-state index in [-0.39, 0.29) is 17.2 Å². The number of carbonyl (C=O) groups excluding carboxylic acids is 1. The van der Waals surface area contributed by atoms with Crippen molar-refractivity contribution < 1.29 is 9.53 Å². The Balaban J connectivity index is 1.51. The molecule has 24 heavy (non-hydrogen) atoms. The molecule has 0 unspecified atom stereocenters. The van der Waals surface area contributed by atoms with Gasteiger partial charge >= 0.3 is 0 Å². The van der Waals surface area contributed by atoms with Gasteiger partial charge in [-0.25, -0.2) is 0 Å². The predicted octanol–water partition coefficient (Wildman–Crippen LogP) is 3.06. The zero-order chi connectivity index (χ0) is 16.7. The van der Waals surface area contributed by atoms with Gasteiger partial charge in [0.05, 0.1) is 6.61 Å². The molecular formula is C20H22N2O2. The molecule has 1 aromatic carbocycles. The van der Waals surface area contributed by atoms with Crippen LogP contribution in [0.3, 0.4) is 0 Å². The number of benzene rings is 1. The molecule has 1 spiro atoms. The molecule has 0 radical (unpaired) electrons. The van der Waals surface area contributed by atoms with Crippen LogP contribution in [0.1, 0.15) is 35.1 Å². The molecule has 0 bridgehead atoms. The van der Waals surface area contributed by atoms with Crippen LogP contribution in [-0.4, -0.2) is 17.5 Å². The monoisotopic (exact) mass is 322 g/mol. The highest BCUT2D eigenvalue weighted by atomic mass is 16.5. The standard InChI is InChI=1S/C20H22N2O2/c1-13-8-16-18(9-14(13)2)24-7-5-20(16)10-17(20)19(23)22-12-15-4-3-6-21-11-15/h3-4,6,8-9,11,17H,5,7,10,12H2,1-2H3,(H,22,23)/t17-,20-/m0/s1. The summed E-state index contributed by atoms with van der Waals surface area (Å²) in [7, 11) is 0. The summed E-state index contributed by atoms with van der Waals surface area (Å²) in [4.78, 5) is 16.7. The van der Waals surface area contributed by atoms with Crippen LogP contribution in [0.5, 0.6) is 5.75 Å². The van der Waals surface area contributed by atoms with Crippen molar-refractivity contribution in [1.29, 1.82) is 0 Å². The second-order valence-electron chi connectivity index (χ2n) is 7.02. The number of fused-ring (bicyclic) bond motifs is 2. The first-order valence-corrected chi connectivity index (χ1v) is 8.51. The zero-order valence-electron chi connectivity index (χ0n) is 14.1. The fraction of sp³-hybridized carbons (Fsp3) is 0.400. The number of pyridine rings is 1. The van der Waals surface area contributed by atoms with Gasteiger partial charge in [-0.1, -0.05) is 12.1 Å². The van der Waals surface area contributed by atoms with Crippen molar-refractivity contribution >= 4 is 5.91 Å². The minimum Gasteiger partial charge on any atom is -0.493 e. The zero-order valence-corrected chi connectivity index (χ0v) is 14.1. The summed E-state index contributed by atoms with van der Waals surface area (Å²) in [6.07, 6.45) is 5.38. The van der Waals surface area contributed by atoms with Crippen LogP contribution < -0.4 is 10.1 Å². The third-order valence-corrected chi connectivity index (χ3v) is 5.52. The fourth-order valence-electron chi connectivity index (χ4n) is 3.81. The molecule has 4 nitrogen and oxygen atoms in total. The van der Waals surface area contributed by atoms with Crippen LogP contribution in [0.2, 0.25) is 0 Å². The number of aryl methyl sites for hydroxylation is 2. The van der Waals surface area contributed by atoms with Crippen molar-refractivity contribution in [2.24, 2.45) is 5.92 Å². The van der Waals surface area contributed by atoms with Gasteiger partial charge < -0.3 is 10.1 Å². The maximum atomic E-state index is 12.6. The highest BCUT2D eigenvalue weighted by Gasteiger charge is 2.61. The van der Waals surface area contributed by atoms with Gasteiger partial charge in [0.2, 0.25) is 5.91 Å². The largest absolute Gasteiger partial charge is 0.493 e. The lowest BCUT2D eigenvalue weighted by Crippen LogP contribution is -2.30. The summed E-state index contributed by atoms with van der Waals surface area (Å²) >= 11 is 0. The van der Waals surface area contributed by atoms with Gasteiger partial charge in [0, 0.05) is 35.8 Å². The fourth-order valence-corrected chi connectivity index (χ4v) is 3.81. The molecule has 2 aromatic rings. The summed E-state index contributed by atoms with van der Waals surface area (Å²) in [6.45, 7) is 5.46. The molecule has 0 saturated heterocycles. The summed E-state index contributed by atoms with van der Waals surface area (Å²) in [5.41, 5.74) is 4.73. The van der Waals surface area contributed by atoms with E-state index in [2.05, 4.69) is 36.3 Å². The molecule has 1 fully saturated rings. The molecule has 4 rings (SSSR count). The van der Waals surface area contributed by atoms with E-state index in [9.17, 15) is 4.79 Å². The Bertz CT molecular complexity index is 788. The Morgan fingerprint density at radius 2 is 2.21 bits per heavy atom. The number of nitrogens with zero attached hydrogens (tertiary/aromatic N) is 1. The number of aromatic nitrogens is 1. The van der Waals surface area contributed by atoms with Gasteiger partial charge in [-0.15, -0.1) is 0 Å². The quantitative estimate of drug-likeness (QED) is 0.945. The number of hydrogen-bond donors (Lipinski definition) is 1. The molecule has 1 aliphatic carbocycles. The molecule has 4 heteroatoms. The van der Waals surface area contributed by atoms with Gasteiger partial charge in [0.1, 0.15) is 5.75 Å². The molecule has 2 aliphatic rings. The Kier molecular flexibility index (Phi) is 3.56. The number of hydrogen-bond acceptors (Lipinski definition) is 3. The maximum absolute atomic E-state index is 12.6. The topological polar surface area (TPSA) is 51.2 Å². The van der Waals surface area contributed by atoms with Crippen LogP contribution in [0.4, 0.5) is 0 Å². The molecule has 124 valence electrons. The molecular weight excluding hydrogens is 300 g/mol. The van der Waals surface area contributed by atoms with E-state index in [1.165, 1.54) is 16.7 Å². The van der Waals surface area contributed by atoms with E-state index < -0.39 is 0 Å². The normalized spacial score (nSPS) is 24.2. The number of amides is 1. The summed E-state index contributed by atoms with van der Waals surface area (Å²) in [5, 5.41) is 3.07. The lowest BCUT2D eigenvalue weighted by molar-refractivity contribution is -0.123. The van der Waals surface area contributed by atoms with Gasteiger partial charge in [0.25, 0.3) is 0 Å². The average Bonchev–Trinajstić information content (AvgIpc) is 3.31. The van der Waals surface area contributed by atoms with Crippen LogP contribution in [-0.2, 0) is 16.8 Å². The Hall–Kier alpha value is -2.36. The molecule has 2 heterocycles. The van der Waals surface area contributed by atoms with E-state index >= 15 is 0 Å². The molecule has 1 N–H and O–H groups in total. The van der Waals surface area contributed by atoms with E-state index in [0.717, 1.165) is 24.2 Å². The second kappa shape index (κ2) is 5.62. The van der Waals surface area contributed by atoms with E-state index in [0.29, 0.717) is 13.2 Å². The summed E-state index contributed by atoms with van der Waals surface area (Å²) < 4.78 is 5.85. The van der Waals surface area contributed by atoms with Gasteiger partial charge in [-0.3, -0.25) is 9.78 Å². The second-order valence-corrected chi connectivity index (χ2v) is 7.02. The minimum atomic E-state index is -0.0228. The molecule has 1 amide bonds. The van der Waals surface area contributed by atoms with Crippen molar-refractivity contribution in [2.45, 2.75) is 38.6 Å². The van der Waals surface area contributed by atoms with Crippen LogP contribution in [0, 0.1) is 19.8 Å². The summed E-state index contributed by atoms with van der Waals surface area (Å²) in [6, 6.07) is 8.21. The highest BCUT2D eigenvalue weighted by Crippen LogP contribution is 2.61. The van der Waals surface area contributed by atoms with Crippen LogP contribution in [0.25, 0.3) is 0 Å². The van der Waals surface area contributed by atoms with E-state index in [1.807, 2.05) is 12.1 Å². The van der Waals surface area contributed by atoms with Gasteiger partial charge in [-0.05, 0) is 55.5 Å². The lowest BCUT2D eigenvalue weighted by atomic mass is 9.85. The Morgan fingerprint density at radius 3 is 3.00 bits per heavy atom. The maximum Gasteiger partial charge on any atom is 0.224 e. The molecule has 1 saturated carbocycles. The molecule has 2 atom stereocenters. The number of nitrogens with one attached hydrogen (secondary N) is 1. The van der Waals surface area contributed by atoms with E-state index in [4.69, 9.17) is 4.74 Å². The number of carbonyl (C=O) groups is 1. The SMILES string of the molecule is Cc1cc2c(cc1C)[C@]1(CCO2)C[C@H]1C(=O)NCc1cccnc1. The van der Waals surface area contributed by atoms with Crippen molar-refractivity contribution in [3.63, 3.8) is 0 Å². The van der Waals surface area contributed by atoms with Crippen molar-refractivity contribution in [2.75, 3.05) is 6.61 Å². The third-order valence-electron chi connectivity index (χ3n) is 5.52.